The topological polar surface area (TPSA) is 37.4 Å². The Balaban J connectivity index is 1.47. The van der Waals surface area contributed by atoms with Gasteiger partial charge in [0.25, 0.3) is 0 Å². The summed E-state index contributed by atoms with van der Waals surface area (Å²) in [6, 6.07) is 10.6. The number of nitrogens with zero attached hydrogens (tertiary/aromatic N) is 2. The van der Waals surface area contributed by atoms with Crippen LogP contribution in [-0.4, -0.2) is 55.7 Å². The van der Waals surface area contributed by atoms with Crippen LogP contribution in [-0.2, 0) is 16.6 Å². The SMILES string of the molecule is CCCCCCCCCCCCCCCCCCS(=O)(=O)N1CC[N+](CC)(Cc2ccccc2)CC1. The summed E-state index contributed by atoms with van der Waals surface area (Å²) < 4.78 is 28.6. The molecule has 36 heavy (non-hydrogen) atoms. The molecule has 1 aromatic rings. The van der Waals surface area contributed by atoms with Crippen LogP contribution < -0.4 is 0 Å². The molecule has 1 aromatic carbocycles. The first-order chi connectivity index (χ1) is 17.5. The third-order valence-electron chi connectivity index (χ3n) is 8.33. The number of sulfonamides is 1. The van der Waals surface area contributed by atoms with Gasteiger partial charge in [-0.1, -0.05) is 134 Å². The highest BCUT2D eigenvalue weighted by Gasteiger charge is 2.35. The fourth-order valence-corrected chi connectivity index (χ4v) is 7.21. The Kier molecular flexibility index (Phi) is 16.0. The highest BCUT2D eigenvalue weighted by atomic mass is 32.2. The maximum absolute atomic E-state index is 12.9. The molecule has 5 heteroatoms. The van der Waals surface area contributed by atoms with E-state index in [4.69, 9.17) is 0 Å². The second-order valence-electron chi connectivity index (χ2n) is 11.3. The van der Waals surface area contributed by atoms with Crippen molar-refractivity contribution in [3.05, 3.63) is 35.9 Å². The Hall–Kier alpha value is -0.910. The smallest absolute Gasteiger partial charge is 0.214 e. The first-order valence-corrected chi connectivity index (χ1v) is 17.0. The van der Waals surface area contributed by atoms with Crippen LogP contribution in [0.1, 0.15) is 122 Å². The normalized spacial score (nSPS) is 16.4. The van der Waals surface area contributed by atoms with Crippen LogP contribution >= 0.6 is 0 Å². The second kappa shape index (κ2) is 18.4. The standard InChI is InChI=1S/C31H57N2O2S/c1-3-5-6-7-8-9-10-11-12-13-14-15-16-17-18-22-29-36(34,35)32-25-27-33(4-2,28-26-32)30-31-23-20-19-21-24-31/h19-21,23-24H,3-18,22,25-30H2,1-2H3/q+1. The molecule has 0 aromatic heterocycles. The van der Waals surface area contributed by atoms with Gasteiger partial charge in [-0.3, -0.25) is 0 Å². The van der Waals surface area contributed by atoms with Gasteiger partial charge in [0.15, 0.2) is 0 Å². The highest BCUT2D eigenvalue weighted by molar-refractivity contribution is 7.89. The van der Waals surface area contributed by atoms with E-state index < -0.39 is 10.0 Å². The summed E-state index contributed by atoms with van der Waals surface area (Å²) in [7, 11) is -3.11. The molecule has 1 fully saturated rings. The van der Waals surface area contributed by atoms with Crippen LogP contribution in [0, 0.1) is 0 Å². The van der Waals surface area contributed by atoms with Crippen LogP contribution in [0.3, 0.4) is 0 Å². The largest absolute Gasteiger partial charge is 0.318 e. The van der Waals surface area contributed by atoms with Gasteiger partial charge in [-0.25, -0.2) is 8.42 Å². The molecule has 208 valence electrons. The minimum atomic E-state index is -3.11. The predicted molar refractivity (Wildman–Crippen MR) is 156 cm³/mol. The van der Waals surface area contributed by atoms with Gasteiger partial charge in [-0.05, 0) is 13.3 Å². The Morgan fingerprint density at radius 1 is 0.667 bits per heavy atom. The van der Waals surface area contributed by atoms with Crippen LogP contribution in [0.15, 0.2) is 30.3 Å². The van der Waals surface area contributed by atoms with Crippen molar-refractivity contribution in [2.75, 3.05) is 38.5 Å². The van der Waals surface area contributed by atoms with Crippen LogP contribution in [0.4, 0.5) is 0 Å². The first-order valence-electron chi connectivity index (χ1n) is 15.4. The summed E-state index contributed by atoms with van der Waals surface area (Å²) in [6.45, 7) is 9.76. The molecule has 0 radical (unpaired) electrons. The molecule has 0 atom stereocenters. The number of quaternary nitrogens is 1. The fourth-order valence-electron chi connectivity index (χ4n) is 5.67. The van der Waals surface area contributed by atoms with Crippen molar-refractivity contribution in [2.45, 2.75) is 123 Å². The average molecular weight is 522 g/mol. The molecular weight excluding hydrogens is 464 g/mol. The highest BCUT2D eigenvalue weighted by Crippen LogP contribution is 2.21. The molecule has 0 spiro atoms. The van der Waals surface area contributed by atoms with Crippen LogP contribution in [0.5, 0.6) is 0 Å². The van der Waals surface area contributed by atoms with E-state index in [1.54, 1.807) is 4.31 Å². The maximum atomic E-state index is 12.9. The van der Waals surface area contributed by atoms with Crippen molar-refractivity contribution < 1.29 is 12.9 Å². The van der Waals surface area contributed by atoms with E-state index in [2.05, 4.69) is 44.2 Å². The monoisotopic (exact) mass is 521 g/mol. The van der Waals surface area contributed by atoms with Crippen molar-refractivity contribution in [1.82, 2.24) is 4.31 Å². The van der Waals surface area contributed by atoms with Gasteiger partial charge in [0, 0.05) is 5.56 Å². The van der Waals surface area contributed by atoms with Gasteiger partial charge in [-0.15, -0.1) is 0 Å². The minimum Gasteiger partial charge on any atom is -0.318 e. The van der Waals surface area contributed by atoms with E-state index in [-0.39, 0.29) is 0 Å². The molecule has 2 rings (SSSR count). The zero-order chi connectivity index (χ0) is 26.0. The van der Waals surface area contributed by atoms with E-state index in [9.17, 15) is 8.42 Å². The number of likely N-dealkylation sites (N-methyl/N-ethyl adjacent to an activating group) is 1. The number of hydrogen-bond acceptors (Lipinski definition) is 2. The zero-order valence-corrected chi connectivity index (χ0v) is 24.6. The average Bonchev–Trinajstić information content (AvgIpc) is 2.89. The molecule has 0 bridgehead atoms. The van der Waals surface area contributed by atoms with Gasteiger partial charge in [0.2, 0.25) is 10.0 Å². The van der Waals surface area contributed by atoms with Gasteiger partial charge in [0.05, 0.1) is 38.5 Å². The number of rotatable bonds is 21. The molecule has 0 N–H and O–H groups in total. The lowest BCUT2D eigenvalue weighted by Gasteiger charge is -2.44. The van der Waals surface area contributed by atoms with E-state index in [1.807, 2.05) is 0 Å². The lowest BCUT2D eigenvalue weighted by Crippen LogP contribution is -2.60. The summed E-state index contributed by atoms with van der Waals surface area (Å²) in [5, 5.41) is 0. The molecular formula is C31H57N2O2S+. The Labute approximate surface area is 224 Å². The first kappa shape index (κ1) is 31.3. The minimum absolute atomic E-state index is 0.330. The third kappa shape index (κ3) is 12.6. The lowest BCUT2D eigenvalue weighted by molar-refractivity contribution is -0.942. The van der Waals surface area contributed by atoms with Gasteiger partial charge < -0.3 is 4.48 Å². The molecule has 0 unspecified atom stereocenters. The van der Waals surface area contributed by atoms with Gasteiger partial charge in [0.1, 0.15) is 6.54 Å². The van der Waals surface area contributed by atoms with Gasteiger partial charge >= 0.3 is 0 Å². The lowest BCUT2D eigenvalue weighted by atomic mass is 10.0. The summed E-state index contributed by atoms with van der Waals surface area (Å²) in [6.07, 6.45) is 21.0. The fraction of sp³-hybridized carbons (Fsp3) is 0.806. The molecule has 1 heterocycles. The van der Waals surface area contributed by atoms with Crippen molar-refractivity contribution in [2.24, 2.45) is 0 Å². The van der Waals surface area contributed by atoms with Crippen molar-refractivity contribution >= 4 is 10.0 Å². The summed E-state index contributed by atoms with van der Waals surface area (Å²) >= 11 is 0. The molecule has 4 nitrogen and oxygen atoms in total. The van der Waals surface area contributed by atoms with E-state index in [1.165, 1.54) is 95.5 Å². The third-order valence-corrected chi connectivity index (χ3v) is 10.3. The van der Waals surface area contributed by atoms with Crippen LogP contribution in [0.25, 0.3) is 0 Å². The molecule has 0 aliphatic carbocycles. The van der Waals surface area contributed by atoms with Gasteiger partial charge in [-0.2, -0.15) is 4.31 Å². The number of benzene rings is 1. The quantitative estimate of drug-likeness (QED) is 0.122. The van der Waals surface area contributed by atoms with E-state index in [0.29, 0.717) is 18.8 Å². The Morgan fingerprint density at radius 3 is 1.56 bits per heavy atom. The molecule has 1 aliphatic rings. The molecule has 1 saturated heterocycles. The summed E-state index contributed by atoms with van der Waals surface area (Å²) in [4.78, 5) is 0. The van der Waals surface area contributed by atoms with Crippen molar-refractivity contribution in [3.63, 3.8) is 0 Å². The summed E-state index contributed by atoms with van der Waals surface area (Å²) in [5.41, 5.74) is 1.35. The number of hydrogen-bond donors (Lipinski definition) is 0. The maximum Gasteiger partial charge on any atom is 0.214 e. The molecule has 0 saturated carbocycles. The Morgan fingerprint density at radius 2 is 1.11 bits per heavy atom. The number of unbranched alkanes of at least 4 members (excludes halogenated alkanes) is 15. The van der Waals surface area contributed by atoms with E-state index in [0.717, 1.165) is 43.5 Å². The molecule has 1 aliphatic heterocycles. The van der Waals surface area contributed by atoms with Crippen LogP contribution in [0.2, 0.25) is 0 Å². The predicted octanol–water partition coefficient (Wildman–Crippen LogP) is 7.93. The molecule has 0 amide bonds. The Bertz CT molecular complexity index is 758. The summed E-state index contributed by atoms with van der Waals surface area (Å²) in [5.74, 6) is 0.330. The van der Waals surface area contributed by atoms with E-state index >= 15 is 0 Å². The second-order valence-corrected chi connectivity index (χ2v) is 13.4. The number of piperazine rings is 1. The van der Waals surface area contributed by atoms with Crippen molar-refractivity contribution in [1.29, 1.82) is 0 Å². The zero-order valence-electron chi connectivity index (χ0n) is 23.8. The van der Waals surface area contributed by atoms with Crippen molar-refractivity contribution in [3.8, 4) is 0 Å².